The maximum atomic E-state index is 12.1. The number of esters is 1. The van der Waals surface area contributed by atoms with Gasteiger partial charge in [-0.3, -0.25) is 0 Å². The molecule has 1 aliphatic rings. The van der Waals surface area contributed by atoms with E-state index in [0.29, 0.717) is 0 Å². The molecule has 4 nitrogen and oxygen atoms in total. The van der Waals surface area contributed by atoms with Crippen molar-refractivity contribution < 1.29 is 14.3 Å². The third-order valence-corrected chi connectivity index (χ3v) is 4.54. The Morgan fingerprint density at radius 3 is 2.89 bits per heavy atom. The fourth-order valence-corrected chi connectivity index (χ4v) is 3.45. The Balaban J connectivity index is 2.21. The molecule has 0 bridgehead atoms. The van der Waals surface area contributed by atoms with Crippen LogP contribution < -0.4 is 10.1 Å². The number of benzene rings is 1. The molecule has 1 heterocycles. The van der Waals surface area contributed by atoms with Crippen LogP contribution >= 0.6 is 11.8 Å². The molecular weight excluding hydrogens is 262 g/mol. The molecule has 1 unspecified atom stereocenters. The van der Waals surface area contributed by atoms with Crippen molar-refractivity contribution >= 4 is 23.4 Å². The Labute approximate surface area is 117 Å². The Hall–Kier alpha value is -1.36. The third-order valence-electron chi connectivity index (χ3n) is 3.27. The molecule has 1 N–H and O–H groups in total. The first-order valence-electron chi connectivity index (χ1n) is 6.28. The van der Waals surface area contributed by atoms with Crippen LogP contribution in [0, 0.1) is 0 Å². The predicted octanol–water partition coefficient (Wildman–Crippen LogP) is 2.55. The van der Waals surface area contributed by atoms with E-state index in [4.69, 9.17) is 9.47 Å². The fourth-order valence-electron chi connectivity index (χ4n) is 2.28. The highest BCUT2D eigenvalue weighted by atomic mass is 32.2. The van der Waals surface area contributed by atoms with Crippen molar-refractivity contribution in [2.45, 2.75) is 18.4 Å². The number of thioether (sulfide) groups is 1. The zero-order valence-corrected chi connectivity index (χ0v) is 12.1. The second-order valence-corrected chi connectivity index (χ2v) is 5.69. The first kappa shape index (κ1) is 14.1. The lowest BCUT2D eigenvalue weighted by atomic mass is 9.95. The van der Waals surface area contributed by atoms with E-state index in [1.54, 1.807) is 18.9 Å². The van der Waals surface area contributed by atoms with Crippen LogP contribution in [0.15, 0.2) is 24.3 Å². The van der Waals surface area contributed by atoms with Gasteiger partial charge in [-0.15, -0.1) is 0 Å². The maximum absolute atomic E-state index is 12.1. The zero-order valence-electron chi connectivity index (χ0n) is 11.3. The fraction of sp³-hybridized carbons (Fsp3) is 0.500. The Kier molecular flexibility index (Phi) is 4.58. The average molecular weight is 281 g/mol. The summed E-state index contributed by atoms with van der Waals surface area (Å²) in [6.45, 7) is 0. The lowest BCUT2D eigenvalue weighted by Crippen LogP contribution is -2.51. The monoisotopic (exact) mass is 281 g/mol. The third kappa shape index (κ3) is 3.15. The lowest BCUT2D eigenvalue weighted by Gasteiger charge is -2.35. The van der Waals surface area contributed by atoms with Gasteiger partial charge in [-0.2, -0.15) is 11.8 Å². The first-order valence-corrected chi connectivity index (χ1v) is 7.44. The van der Waals surface area contributed by atoms with Crippen LogP contribution in [0.5, 0.6) is 5.75 Å². The van der Waals surface area contributed by atoms with E-state index in [1.807, 2.05) is 24.3 Å². The van der Waals surface area contributed by atoms with Gasteiger partial charge in [-0.05, 0) is 30.7 Å². The summed E-state index contributed by atoms with van der Waals surface area (Å²) in [6.07, 6.45) is 1.81. The van der Waals surface area contributed by atoms with E-state index in [2.05, 4.69) is 5.32 Å². The molecule has 0 spiro atoms. The highest BCUT2D eigenvalue weighted by Gasteiger charge is 2.41. The lowest BCUT2D eigenvalue weighted by molar-refractivity contribution is -0.145. The number of anilines is 1. The van der Waals surface area contributed by atoms with Crippen molar-refractivity contribution in [2.75, 3.05) is 31.0 Å². The largest absolute Gasteiger partial charge is 0.497 e. The molecule has 1 saturated heterocycles. The number of hydrogen-bond donors (Lipinski definition) is 1. The number of nitrogens with one attached hydrogen (secondary N) is 1. The molecule has 1 aliphatic heterocycles. The maximum Gasteiger partial charge on any atom is 0.332 e. The summed E-state index contributed by atoms with van der Waals surface area (Å²) >= 11 is 1.78. The van der Waals surface area contributed by atoms with Gasteiger partial charge in [0.15, 0.2) is 0 Å². The van der Waals surface area contributed by atoms with E-state index < -0.39 is 5.54 Å². The normalized spacial score (nSPS) is 22.6. The molecule has 2 rings (SSSR count). The molecule has 1 atom stereocenters. The highest BCUT2D eigenvalue weighted by molar-refractivity contribution is 7.99. The van der Waals surface area contributed by atoms with Gasteiger partial charge >= 0.3 is 5.97 Å². The van der Waals surface area contributed by atoms with Crippen molar-refractivity contribution in [3.63, 3.8) is 0 Å². The Bertz CT molecular complexity index is 444. The van der Waals surface area contributed by atoms with Gasteiger partial charge in [-0.1, -0.05) is 6.07 Å². The van der Waals surface area contributed by atoms with Gasteiger partial charge < -0.3 is 14.8 Å². The number of methoxy groups -OCH3 is 2. The topological polar surface area (TPSA) is 47.6 Å². The second-order valence-electron chi connectivity index (χ2n) is 4.59. The summed E-state index contributed by atoms with van der Waals surface area (Å²) in [6, 6.07) is 7.62. The minimum absolute atomic E-state index is 0.192. The van der Waals surface area contributed by atoms with Crippen LogP contribution in [0.2, 0.25) is 0 Å². The van der Waals surface area contributed by atoms with Gasteiger partial charge in [0, 0.05) is 17.5 Å². The summed E-state index contributed by atoms with van der Waals surface area (Å²) in [7, 11) is 3.07. The molecule has 1 fully saturated rings. The SMILES string of the molecule is COC(=O)C1(Nc2cccc(OC)c2)CCCSC1. The molecule has 0 amide bonds. The second kappa shape index (κ2) is 6.19. The van der Waals surface area contributed by atoms with Crippen LogP contribution in [0.3, 0.4) is 0 Å². The minimum Gasteiger partial charge on any atom is -0.497 e. The average Bonchev–Trinajstić information content (AvgIpc) is 2.47. The molecule has 0 aliphatic carbocycles. The summed E-state index contributed by atoms with van der Waals surface area (Å²) in [5, 5.41) is 3.34. The summed E-state index contributed by atoms with van der Waals surface area (Å²) in [5.74, 6) is 2.41. The van der Waals surface area contributed by atoms with Gasteiger partial charge in [-0.25, -0.2) is 4.79 Å². The van der Waals surface area contributed by atoms with E-state index >= 15 is 0 Å². The molecule has 1 aromatic rings. The van der Waals surface area contributed by atoms with E-state index in [-0.39, 0.29) is 5.97 Å². The zero-order chi connectivity index (χ0) is 13.7. The minimum atomic E-state index is -0.621. The van der Waals surface area contributed by atoms with E-state index in [9.17, 15) is 4.79 Å². The smallest absolute Gasteiger partial charge is 0.332 e. The van der Waals surface area contributed by atoms with Gasteiger partial charge in [0.05, 0.1) is 14.2 Å². The number of hydrogen-bond acceptors (Lipinski definition) is 5. The van der Waals surface area contributed by atoms with Gasteiger partial charge in [0.2, 0.25) is 0 Å². The predicted molar refractivity (Wildman–Crippen MR) is 77.9 cm³/mol. The summed E-state index contributed by atoms with van der Waals surface area (Å²) < 4.78 is 10.2. The number of rotatable bonds is 4. The van der Waals surface area contributed by atoms with E-state index in [1.165, 1.54) is 7.11 Å². The molecule has 0 aromatic heterocycles. The first-order chi connectivity index (χ1) is 9.20. The molecule has 19 heavy (non-hydrogen) atoms. The molecule has 104 valence electrons. The van der Waals surface area contributed by atoms with Crippen molar-refractivity contribution in [1.82, 2.24) is 0 Å². The van der Waals surface area contributed by atoms with Crippen LogP contribution in [0.25, 0.3) is 0 Å². The number of ether oxygens (including phenoxy) is 2. The Morgan fingerprint density at radius 2 is 2.26 bits per heavy atom. The quantitative estimate of drug-likeness (QED) is 0.859. The van der Waals surface area contributed by atoms with Crippen molar-refractivity contribution in [3.8, 4) is 5.75 Å². The van der Waals surface area contributed by atoms with Gasteiger partial charge in [0.1, 0.15) is 11.3 Å². The van der Waals surface area contributed by atoms with Crippen LogP contribution in [-0.2, 0) is 9.53 Å². The Morgan fingerprint density at radius 1 is 1.42 bits per heavy atom. The number of carbonyl (C=O) groups is 1. The van der Waals surface area contributed by atoms with E-state index in [0.717, 1.165) is 35.8 Å². The molecule has 1 aromatic carbocycles. The molecule has 0 radical (unpaired) electrons. The summed E-state index contributed by atoms with van der Waals surface area (Å²) in [4.78, 5) is 12.1. The van der Waals surface area contributed by atoms with Crippen molar-refractivity contribution in [1.29, 1.82) is 0 Å². The van der Waals surface area contributed by atoms with Crippen molar-refractivity contribution in [2.24, 2.45) is 0 Å². The van der Waals surface area contributed by atoms with Crippen LogP contribution in [0.1, 0.15) is 12.8 Å². The van der Waals surface area contributed by atoms with Crippen LogP contribution in [-0.4, -0.2) is 37.2 Å². The number of carbonyl (C=O) groups excluding carboxylic acids is 1. The van der Waals surface area contributed by atoms with Crippen LogP contribution in [0.4, 0.5) is 5.69 Å². The molecular formula is C14H19NO3S. The molecule has 0 saturated carbocycles. The summed E-state index contributed by atoms with van der Waals surface area (Å²) in [5.41, 5.74) is 0.261. The van der Waals surface area contributed by atoms with Crippen molar-refractivity contribution in [3.05, 3.63) is 24.3 Å². The standard InChI is InChI=1S/C14H19NO3S/c1-17-12-6-3-5-11(9-12)15-14(13(16)18-2)7-4-8-19-10-14/h3,5-6,9,15H,4,7-8,10H2,1-2H3. The molecule has 5 heteroatoms. The van der Waals surface area contributed by atoms with Gasteiger partial charge in [0.25, 0.3) is 0 Å². The highest BCUT2D eigenvalue weighted by Crippen LogP contribution is 2.32.